The van der Waals surface area contributed by atoms with Crippen molar-refractivity contribution in [2.24, 2.45) is 0 Å². The standard InChI is InChI=1S/C20H18ClN5OS/c1-3-26-13(2)10-17(24-26)19(27)25(12-15-6-4-5-9-22-15)20-23-16-8-7-14(21)11-18(16)28-20/h4-11H,3,12H2,1-2H3. The number of carbonyl (C=O) groups excluding carboxylic acids is 1. The summed E-state index contributed by atoms with van der Waals surface area (Å²) < 4.78 is 2.74. The average Bonchev–Trinajstić information content (AvgIpc) is 3.29. The number of thiazole rings is 1. The van der Waals surface area contributed by atoms with Gasteiger partial charge in [-0.25, -0.2) is 4.98 Å². The fraction of sp³-hybridized carbons (Fsp3) is 0.200. The van der Waals surface area contributed by atoms with Crippen molar-refractivity contribution in [3.8, 4) is 0 Å². The Morgan fingerprint density at radius 2 is 2.11 bits per heavy atom. The van der Waals surface area contributed by atoms with Crippen LogP contribution in [0.2, 0.25) is 5.02 Å². The van der Waals surface area contributed by atoms with Crippen molar-refractivity contribution in [1.29, 1.82) is 0 Å². The summed E-state index contributed by atoms with van der Waals surface area (Å²) in [6, 6.07) is 13.0. The Hall–Kier alpha value is -2.77. The quantitative estimate of drug-likeness (QED) is 0.476. The van der Waals surface area contributed by atoms with E-state index in [1.807, 2.05) is 48.9 Å². The Balaban J connectivity index is 1.76. The fourth-order valence-electron chi connectivity index (χ4n) is 2.95. The van der Waals surface area contributed by atoms with Crippen LogP contribution in [-0.4, -0.2) is 25.7 Å². The maximum Gasteiger partial charge on any atom is 0.280 e. The number of hydrogen-bond acceptors (Lipinski definition) is 5. The van der Waals surface area contributed by atoms with Gasteiger partial charge in [-0.15, -0.1) is 0 Å². The van der Waals surface area contributed by atoms with E-state index in [1.165, 1.54) is 11.3 Å². The monoisotopic (exact) mass is 411 g/mol. The van der Waals surface area contributed by atoms with Crippen molar-refractivity contribution in [3.63, 3.8) is 0 Å². The summed E-state index contributed by atoms with van der Waals surface area (Å²) in [5.41, 5.74) is 2.92. The highest BCUT2D eigenvalue weighted by Crippen LogP contribution is 2.32. The molecule has 0 saturated carbocycles. The molecule has 0 bridgehead atoms. The Kier molecular flexibility index (Phi) is 5.11. The number of nitrogens with zero attached hydrogens (tertiary/aromatic N) is 5. The van der Waals surface area contributed by atoms with Gasteiger partial charge in [-0.2, -0.15) is 5.10 Å². The van der Waals surface area contributed by atoms with Gasteiger partial charge in [0.15, 0.2) is 10.8 Å². The average molecular weight is 412 g/mol. The summed E-state index contributed by atoms with van der Waals surface area (Å²) in [6.45, 7) is 4.96. The maximum absolute atomic E-state index is 13.3. The topological polar surface area (TPSA) is 63.9 Å². The summed E-state index contributed by atoms with van der Waals surface area (Å²) in [7, 11) is 0. The van der Waals surface area contributed by atoms with Crippen LogP contribution < -0.4 is 4.90 Å². The normalized spacial score (nSPS) is 11.1. The summed E-state index contributed by atoms with van der Waals surface area (Å²) in [5.74, 6) is -0.203. The van der Waals surface area contributed by atoms with E-state index < -0.39 is 0 Å². The third-order valence-electron chi connectivity index (χ3n) is 4.36. The second-order valence-corrected chi connectivity index (χ2v) is 7.75. The molecule has 0 spiro atoms. The first-order chi connectivity index (χ1) is 13.5. The van der Waals surface area contributed by atoms with E-state index >= 15 is 0 Å². The van der Waals surface area contributed by atoms with Crippen molar-refractivity contribution in [2.45, 2.75) is 26.9 Å². The molecule has 28 heavy (non-hydrogen) atoms. The second-order valence-electron chi connectivity index (χ2n) is 6.31. The van der Waals surface area contributed by atoms with Crippen molar-refractivity contribution in [2.75, 3.05) is 4.90 Å². The minimum absolute atomic E-state index is 0.203. The molecule has 0 aliphatic rings. The summed E-state index contributed by atoms with van der Waals surface area (Å²) in [4.78, 5) is 24.0. The van der Waals surface area contributed by atoms with Crippen LogP contribution in [0, 0.1) is 6.92 Å². The molecular formula is C20H18ClN5OS. The van der Waals surface area contributed by atoms with E-state index in [9.17, 15) is 4.79 Å². The third kappa shape index (κ3) is 3.63. The highest BCUT2D eigenvalue weighted by Gasteiger charge is 2.24. The van der Waals surface area contributed by atoms with Crippen LogP contribution in [0.25, 0.3) is 10.2 Å². The number of fused-ring (bicyclic) bond motifs is 1. The zero-order valence-electron chi connectivity index (χ0n) is 15.5. The van der Waals surface area contributed by atoms with Crippen LogP contribution in [0.3, 0.4) is 0 Å². The number of aryl methyl sites for hydroxylation is 2. The van der Waals surface area contributed by atoms with Crippen LogP contribution in [0.4, 0.5) is 5.13 Å². The van der Waals surface area contributed by atoms with Gasteiger partial charge >= 0.3 is 0 Å². The molecule has 0 aliphatic carbocycles. The molecule has 0 radical (unpaired) electrons. The third-order valence-corrected chi connectivity index (χ3v) is 5.64. The van der Waals surface area contributed by atoms with Gasteiger partial charge < -0.3 is 0 Å². The van der Waals surface area contributed by atoms with Crippen LogP contribution in [0.15, 0.2) is 48.7 Å². The zero-order chi connectivity index (χ0) is 19.7. The van der Waals surface area contributed by atoms with Crippen LogP contribution in [-0.2, 0) is 13.1 Å². The summed E-state index contributed by atoms with van der Waals surface area (Å²) >= 11 is 7.53. The number of rotatable bonds is 5. The number of anilines is 1. The van der Waals surface area contributed by atoms with Crippen molar-refractivity contribution in [1.82, 2.24) is 19.7 Å². The van der Waals surface area contributed by atoms with E-state index in [0.29, 0.717) is 28.9 Å². The number of amides is 1. The predicted octanol–water partition coefficient (Wildman–Crippen LogP) is 4.72. The molecule has 4 aromatic rings. The molecule has 1 aromatic carbocycles. The first kappa shape index (κ1) is 18.6. The molecule has 0 unspecified atom stereocenters. The Morgan fingerprint density at radius 3 is 2.82 bits per heavy atom. The zero-order valence-corrected chi connectivity index (χ0v) is 17.0. The van der Waals surface area contributed by atoms with Gasteiger partial charge in [-0.05, 0) is 50.2 Å². The number of benzene rings is 1. The summed E-state index contributed by atoms with van der Waals surface area (Å²) in [6.07, 6.45) is 1.71. The SMILES string of the molecule is CCn1nc(C(=O)N(Cc2ccccn2)c2nc3ccc(Cl)cc3s2)cc1C. The van der Waals surface area contributed by atoms with Gasteiger partial charge in [0.2, 0.25) is 0 Å². The van der Waals surface area contributed by atoms with Crippen molar-refractivity contribution < 1.29 is 4.79 Å². The second kappa shape index (κ2) is 7.69. The number of halogens is 1. The van der Waals surface area contributed by atoms with E-state index in [-0.39, 0.29) is 5.91 Å². The number of aromatic nitrogens is 4. The molecule has 0 saturated heterocycles. The predicted molar refractivity (Wildman–Crippen MR) is 112 cm³/mol. The molecule has 8 heteroatoms. The lowest BCUT2D eigenvalue weighted by atomic mass is 10.3. The molecule has 6 nitrogen and oxygen atoms in total. The van der Waals surface area contributed by atoms with Gasteiger partial charge in [-0.1, -0.05) is 29.0 Å². The Labute approximate surface area is 171 Å². The highest BCUT2D eigenvalue weighted by molar-refractivity contribution is 7.22. The first-order valence-electron chi connectivity index (χ1n) is 8.87. The van der Waals surface area contributed by atoms with Crippen molar-refractivity contribution in [3.05, 3.63) is 70.8 Å². The van der Waals surface area contributed by atoms with Gasteiger partial charge in [0, 0.05) is 23.5 Å². The van der Waals surface area contributed by atoms with E-state index in [4.69, 9.17) is 11.6 Å². The van der Waals surface area contributed by atoms with Crippen LogP contribution in [0.5, 0.6) is 0 Å². The largest absolute Gasteiger partial charge is 0.280 e. The molecule has 0 N–H and O–H groups in total. The molecular weight excluding hydrogens is 394 g/mol. The maximum atomic E-state index is 13.3. The van der Waals surface area contributed by atoms with Gasteiger partial charge in [0.25, 0.3) is 5.91 Å². The Bertz CT molecular complexity index is 1140. The molecule has 3 heterocycles. The molecule has 0 fully saturated rings. The van der Waals surface area contributed by atoms with Crippen LogP contribution >= 0.6 is 22.9 Å². The Morgan fingerprint density at radius 1 is 1.25 bits per heavy atom. The number of pyridine rings is 1. The molecule has 0 atom stereocenters. The first-order valence-corrected chi connectivity index (χ1v) is 10.1. The molecule has 142 valence electrons. The van der Waals surface area contributed by atoms with Gasteiger partial charge in [-0.3, -0.25) is 19.4 Å². The van der Waals surface area contributed by atoms with Crippen molar-refractivity contribution >= 4 is 44.2 Å². The molecule has 4 rings (SSSR count). The van der Waals surface area contributed by atoms with E-state index in [2.05, 4.69) is 15.1 Å². The minimum Gasteiger partial charge on any atom is -0.276 e. The fourth-order valence-corrected chi connectivity index (χ4v) is 4.19. The van der Waals surface area contributed by atoms with E-state index in [0.717, 1.165) is 21.6 Å². The lowest BCUT2D eigenvalue weighted by Gasteiger charge is -2.18. The highest BCUT2D eigenvalue weighted by atomic mass is 35.5. The summed E-state index contributed by atoms with van der Waals surface area (Å²) in [5, 5.41) is 5.68. The number of hydrogen-bond donors (Lipinski definition) is 0. The van der Waals surface area contributed by atoms with Crippen LogP contribution in [0.1, 0.15) is 28.8 Å². The van der Waals surface area contributed by atoms with E-state index in [1.54, 1.807) is 23.2 Å². The smallest absolute Gasteiger partial charge is 0.276 e. The van der Waals surface area contributed by atoms with Gasteiger partial charge in [0.05, 0.1) is 22.5 Å². The number of carbonyl (C=O) groups is 1. The minimum atomic E-state index is -0.203. The molecule has 1 amide bonds. The molecule has 0 aliphatic heterocycles. The molecule has 3 aromatic heterocycles. The lowest BCUT2D eigenvalue weighted by molar-refractivity contribution is 0.0979. The van der Waals surface area contributed by atoms with Gasteiger partial charge in [0.1, 0.15) is 0 Å². The lowest BCUT2D eigenvalue weighted by Crippen LogP contribution is -2.31.